The Kier molecular flexibility index (Phi) is 5.76. The number of amides is 2. The zero-order valence-electron chi connectivity index (χ0n) is 12.1. The first-order valence-corrected chi connectivity index (χ1v) is 7.93. The lowest BCUT2D eigenvalue weighted by Crippen LogP contribution is -2.51. The summed E-state index contributed by atoms with van der Waals surface area (Å²) in [6.45, 7) is 5.75. The van der Waals surface area contributed by atoms with Gasteiger partial charge in [-0.15, -0.1) is 0 Å². The second-order valence-corrected chi connectivity index (χ2v) is 5.95. The van der Waals surface area contributed by atoms with E-state index in [1.807, 2.05) is 36.1 Å². The lowest BCUT2D eigenvalue weighted by Gasteiger charge is -2.34. The van der Waals surface area contributed by atoms with Crippen LogP contribution in [-0.2, 0) is 4.79 Å². The van der Waals surface area contributed by atoms with E-state index < -0.39 is 0 Å². The molecule has 114 valence electrons. The first kappa shape index (κ1) is 16.0. The molecule has 1 aliphatic rings. The molecule has 21 heavy (non-hydrogen) atoms. The molecule has 0 spiro atoms. The lowest BCUT2D eigenvalue weighted by atomic mass is 10.2. The van der Waals surface area contributed by atoms with Crippen LogP contribution in [0.3, 0.4) is 0 Å². The van der Waals surface area contributed by atoms with Crippen molar-refractivity contribution in [3.05, 3.63) is 34.3 Å². The van der Waals surface area contributed by atoms with Crippen LogP contribution in [0.2, 0.25) is 0 Å². The van der Waals surface area contributed by atoms with Crippen LogP contribution in [0.5, 0.6) is 0 Å². The minimum Gasteiger partial charge on any atom is -0.355 e. The van der Waals surface area contributed by atoms with Gasteiger partial charge in [0.2, 0.25) is 5.91 Å². The van der Waals surface area contributed by atoms with Gasteiger partial charge in [-0.1, -0.05) is 22.0 Å². The highest BCUT2D eigenvalue weighted by Crippen LogP contribution is 2.14. The van der Waals surface area contributed by atoms with E-state index in [0.29, 0.717) is 31.7 Å². The third-order valence-corrected chi connectivity index (χ3v) is 3.97. The number of piperazine rings is 1. The molecule has 2 amide bonds. The minimum atomic E-state index is 0.0456. The molecule has 1 heterocycles. The van der Waals surface area contributed by atoms with Gasteiger partial charge in [0.05, 0.1) is 6.54 Å². The number of halogens is 1. The molecule has 1 fully saturated rings. The number of benzene rings is 1. The molecule has 1 saturated heterocycles. The van der Waals surface area contributed by atoms with Gasteiger partial charge in [0.25, 0.3) is 5.91 Å². The topological polar surface area (TPSA) is 52.7 Å². The van der Waals surface area contributed by atoms with E-state index in [1.165, 1.54) is 0 Å². The minimum absolute atomic E-state index is 0.0456. The van der Waals surface area contributed by atoms with Crippen LogP contribution in [-0.4, -0.2) is 60.9 Å². The molecule has 0 aliphatic carbocycles. The predicted molar refractivity (Wildman–Crippen MR) is 85.2 cm³/mol. The quantitative estimate of drug-likeness (QED) is 0.888. The van der Waals surface area contributed by atoms with Gasteiger partial charge in [0.15, 0.2) is 0 Å². The van der Waals surface area contributed by atoms with E-state index in [-0.39, 0.29) is 11.8 Å². The van der Waals surface area contributed by atoms with Crippen molar-refractivity contribution < 1.29 is 9.59 Å². The van der Waals surface area contributed by atoms with E-state index in [9.17, 15) is 9.59 Å². The maximum atomic E-state index is 12.4. The van der Waals surface area contributed by atoms with Crippen molar-refractivity contribution in [1.29, 1.82) is 0 Å². The second-order valence-electron chi connectivity index (χ2n) is 5.03. The number of rotatable bonds is 4. The van der Waals surface area contributed by atoms with Gasteiger partial charge in [0.1, 0.15) is 0 Å². The molecule has 2 rings (SSSR count). The van der Waals surface area contributed by atoms with E-state index in [4.69, 9.17) is 0 Å². The Morgan fingerprint density at radius 3 is 2.57 bits per heavy atom. The molecule has 1 aromatic rings. The second kappa shape index (κ2) is 7.56. The first-order chi connectivity index (χ1) is 10.1. The Labute approximate surface area is 133 Å². The molecule has 1 aliphatic heterocycles. The van der Waals surface area contributed by atoms with Crippen molar-refractivity contribution in [3.8, 4) is 0 Å². The van der Waals surface area contributed by atoms with E-state index >= 15 is 0 Å². The number of likely N-dealkylation sites (N-methyl/N-ethyl adjacent to an activating group) is 1. The maximum Gasteiger partial charge on any atom is 0.253 e. The van der Waals surface area contributed by atoms with Gasteiger partial charge in [0, 0.05) is 42.8 Å². The third-order valence-electron chi connectivity index (χ3n) is 3.47. The smallest absolute Gasteiger partial charge is 0.253 e. The van der Waals surface area contributed by atoms with Crippen LogP contribution in [0, 0.1) is 0 Å². The van der Waals surface area contributed by atoms with Crippen molar-refractivity contribution in [2.45, 2.75) is 6.92 Å². The van der Waals surface area contributed by atoms with Gasteiger partial charge < -0.3 is 10.2 Å². The standard InChI is InChI=1S/C15H20BrN3O2/c1-2-17-14(20)11-18-6-8-19(9-7-18)15(21)12-4-3-5-13(16)10-12/h3-5,10H,2,6-9,11H2,1H3,(H,17,20). The molecule has 0 bridgehead atoms. The number of nitrogens with zero attached hydrogens (tertiary/aromatic N) is 2. The zero-order valence-corrected chi connectivity index (χ0v) is 13.7. The Bertz CT molecular complexity index is 513. The van der Waals surface area contributed by atoms with E-state index in [2.05, 4.69) is 26.1 Å². The summed E-state index contributed by atoms with van der Waals surface area (Å²) >= 11 is 3.38. The molecular weight excluding hydrogens is 334 g/mol. The highest BCUT2D eigenvalue weighted by Gasteiger charge is 2.23. The molecule has 5 nitrogen and oxygen atoms in total. The van der Waals surface area contributed by atoms with Crippen LogP contribution in [0.1, 0.15) is 17.3 Å². The molecule has 0 unspecified atom stereocenters. The molecular formula is C15H20BrN3O2. The number of carbonyl (C=O) groups excluding carboxylic acids is 2. The van der Waals surface area contributed by atoms with Gasteiger partial charge in [-0.25, -0.2) is 0 Å². The third kappa shape index (κ3) is 4.54. The predicted octanol–water partition coefficient (Wildman–Crippen LogP) is 1.34. The van der Waals surface area contributed by atoms with E-state index in [0.717, 1.165) is 17.6 Å². The molecule has 0 atom stereocenters. The number of carbonyl (C=O) groups is 2. The molecule has 0 saturated carbocycles. The number of hydrogen-bond donors (Lipinski definition) is 1. The van der Waals surface area contributed by atoms with Gasteiger partial charge in [-0.3, -0.25) is 14.5 Å². The monoisotopic (exact) mass is 353 g/mol. The van der Waals surface area contributed by atoms with Crippen molar-refractivity contribution in [2.24, 2.45) is 0 Å². The summed E-state index contributed by atoms with van der Waals surface area (Å²) in [4.78, 5) is 27.9. The van der Waals surface area contributed by atoms with Crippen molar-refractivity contribution in [2.75, 3.05) is 39.3 Å². The summed E-state index contributed by atoms with van der Waals surface area (Å²) in [6, 6.07) is 7.43. The molecule has 0 radical (unpaired) electrons. The van der Waals surface area contributed by atoms with Crippen LogP contribution < -0.4 is 5.32 Å². The fourth-order valence-electron chi connectivity index (χ4n) is 2.37. The normalized spacial score (nSPS) is 15.8. The highest BCUT2D eigenvalue weighted by atomic mass is 79.9. The fourth-order valence-corrected chi connectivity index (χ4v) is 2.77. The SMILES string of the molecule is CCNC(=O)CN1CCN(C(=O)c2cccc(Br)c2)CC1. The van der Waals surface area contributed by atoms with Crippen LogP contribution in [0.15, 0.2) is 28.7 Å². The van der Waals surface area contributed by atoms with Crippen LogP contribution >= 0.6 is 15.9 Å². The van der Waals surface area contributed by atoms with Gasteiger partial charge in [-0.05, 0) is 25.1 Å². The molecule has 1 N–H and O–H groups in total. The summed E-state index contributed by atoms with van der Waals surface area (Å²) < 4.78 is 0.906. The van der Waals surface area contributed by atoms with E-state index in [1.54, 1.807) is 0 Å². The largest absolute Gasteiger partial charge is 0.355 e. The van der Waals surface area contributed by atoms with Crippen molar-refractivity contribution in [1.82, 2.24) is 15.1 Å². The summed E-state index contributed by atoms with van der Waals surface area (Å²) in [5.41, 5.74) is 0.696. The zero-order chi connectivity index (χ0) is 15.2. The molecule has 1 aromatic carbocycles. The Morgan fingerprint density at radius 2 is 1.95 bits per heavy atom. The number of nitrogens with one attached hydrogen (secondary N) is 1. The van der Waals surface area contributed by atoms with Crippen LogP contribution in [0.25, 0.3) is 0 Å². The van der Waals surface area contributed by atoms with Gasteiger partial charge >= 0.3 is 0 Å². The Balaban J connectivity index is 1.86. The highest BCUT2D eigenvalue weighted by molar-refractivity contribution is 9.10. The molecule has 0 aromatic heterocycles. The Morgan fingerprint density at radius 1 is 1.24 bits per heavy atom. The number of hydrogen-bond acceptors (Lipinski definition) is 3. The first-order valence-electron chi connectivity index (χ1n) is 7.14. The van der Waals surface area contributed by atoms with Gasteiger partial charge in [-0.2, -0.15) is 0 Å². The summed E-state index contributed by atoms with van der Waals surface area (Å²) in [6.07, 6.45) is 0. The van der Waals surface area contributed by atoms with Crippen LogP contribution in [0.4, 0.5) is 0 Å². The summed E-state index contributed by atoms with van der Waals surface area (Å²) in [5, 5.41) is 2.79. The summed E-state index contributed by atoms with van der Waals surface area (Å²) in [7, 11) is 0. The van der Waals surface area contributed by atoms with Crippen molar-refractivity contribution in [3.63, 3.8) is 0 Å². The average Bonchev–Trinajstić information content (AvgIpc) is 2.47. The lowest BCUT2D eigenvalue weighted by molar-refractivity contribution is -0.122. The summed E-state index contributed by atoms with van der Waals surface area (Å²) in [5.74, 6) is 0.0956. The molecule has 6 heteroatoms. The fraction of sp³-hybridized carbons (Fsp3) is 0.467. The maximum absolute atomic E-state index is 12.4. The van der Waals surface area contributed by atoms with Crippen molar-refractivity contribution >= 4 is 27.7 Å². The average molecular weight is 354 g/mol. The Hall–Kier alpha value is -1.40.